The second-order valence-electron chi connectivity index (χ2n) is 13.7. The number of carbonyl (C=O) groups is 5. The number of Topliss-reactive ketones (excluding diaryl/α,β-unsaturated/α-hetero) is 1. The van der Waals surface area contributed by atoms with Crippen molar-refractivity contribution in [1.82, 2.24) is 5.32 Å². The van der Waals surface area contributed by atoms with Crippen LogP contribution in [0.5, 0.6) is 17.2 Å². The van der Waals surface area contributed by atoms with E-state index in [-0.39, 0.29) is 34.4 Å². The third kappa shape index (κ3) is 7.94. The van der Waals surface area contributed by atoms with Crippen LogP contribution in [0.3, 0.4) is 0 Å². The van der Waals surface area contributed by atoms with Crippen LogP contribution >= 0.6 is 0 Å². The average molecular weight is 766 g/mol. The zero-order valence-electron chi connectivity index (χ0n) is 29.8. The molecule has 0 saturated carbocycles. The number of rotatable bonds is 13. The lowest BCUT2D eigenvalue weighted by Gasteiger charge is -2.43. The number of aromatic hydroxyl groups is 2. The second-order valence-corrected chi connectivity index (χ2v) is 13.7. The monoisotopic (exact) mass is 765 g/mol. The Morgan fingerprint density at radius 2 is 1.70 bits per heavy atom. The molecule has 294 valence electrons. The van der Waals surface area contributed by atoms with Crippen molar-refractivity contribution in [1.29, 1.82) is 0 Å². The number of fused-ring (bicyclic) bond motifs is 3. The molecule has 2 aliphatic carbocycles. The molecule has 1 fully saturated rings. The number of phenols is 2. The van der Waals surface area contributed by atoms with Crippen LogP contribution in [0.15, 0.2) is 18.2 Å². The predicted molar refractivity (Wildman–Crippen MR) is 179 cm³/mol. The summed E-state index contributed by atoms with van der Waals surface area (Å²) in [6, 6.07) is 2.59. The molecule has 3 aliphatic rings. The molecule has 54 heavy (non-hydrogen) atoms. The van der Waals surface area contributed by atoms with Gasteiger partial charge in [0.25, 0.3) is 0 Å². The van der Waals surface area contributed by atoms with Crippen LogP contribution in [0.2, 0.25) is 0 Å². The average Bonchev–Trinajstić information content (AvgIpc) is 3.11. The number of amides is 1. The summed E-state index contributed by atoms with van der Waals surface area (Å²) in [5, 5.41) is 47.5. The minimum atomic E-state index is -5.29. The first-order chi connectivity index (χ1) is 25.4. The molecule has 5 N–H and O–H groups in total. The van der Waals surface area contributed by atoms with E-state index >= 15 is 0 Å². The smallest absolute Gasteiger partial charge is 0.471 e. The zero-order valence-corrected chi connectivity index (χ0v) is 29.8. The van der Waals surface area contributed by atoms with Crippen LogP contribution in [-0.2, 0) is 35.0 Å². The molecule has 0 unspecified atom stereocenters. The van der Waals surface area contributed by atoms with E-state index < -0.39 is 120 Å². The zero-order chi connectivity index (χ0) is 39.7. The number of alkyl halides is 3. The van der Waals surface area contributed by atoms with E-state index in [0.717, 1.165) is 25.7 Å². The molecule has 1 amide bonds. The van der Waals surface area contributed by atoms with Crippen molar-refractivity contribution in [3.05, 3.63) is 51.6 Å². The number of ketones is 3. The topological polar surface area (TPSA) is 215 Å². The molecule has 14 nitrogen and oxygen atoms in total. The molecule has 0 aromatic heterocycles. The molecular formula is C37H42F3NO13. The van der Waals surface area contributed by atoms with Gasteiger partial charge in [-0.05, 0) is 19.4 Å². The summed E-state index contributed by atoms with van der Waals surface area (Å²) in [5.41, 5.74) is -4.83. The molecule has 0 radical (unpaired) electrons. The van der Waals surface area contributed by atoms with E-state index in [0.29, 0.717) is 6.42 Å². The number of methoxy groups -OCH3 is 1. The molecular weight excluding hydrogens is 723 g/mol. The van der Waals surface area contributed by atoms with E-state index in [9.17, 15) is 57.6 Å². The number of hydrogen-bond acceptors (Lipinski definition) is 13. The molecule has 17 heteroatoms. The Morgan fingerprint density at radius 1 is 1.02 bits per heavy atom. The molecule has 5 rings (SSSR count). The Morgan fingerprint density at radius 3 is 2.37 bits per heavy atom. The van der Waals surface area contributed by atoms with Gasteiger partial charge in [-0.2, -0.15) is 13.2 Å². The van der Waals surface area contributed by atoms with Crippen LogP contribution in [0.4, 0.5) is 13.2 Å². The third-order valence-corrected chi connectivity index (χ3v) is 10.0. The highest BCUT2D eigenvalue weighted by Crippen LogP contribution is 2.52. The normalized spacial score (nSPS) is 24.9. The lowest BCUT2D eigenvalue weighted by molar-refractivity contribution is -0.250. The number of aliphatic hydroxyl groups excluding tert-OH is 1. The second kappa shape index (κ2) is 16.0. The van der Waals surface area contributed by atoms with Crippen molar-refractivity contribution in [3.63, 3.8) is 0 Å². The number of halogens is 3. The van der Waals surface area contributed by atoms with Crippen molar-refractivity contribution in [3.8, 4) is 17.2 Å². The highest BCUT2D eigenvalue weighted by molar-refractivity contribution is 6.31. The lowest BCUT2D eigenvalue weighted by Crippen LogP contribution is -2.57. The fourth-order valence-corrected chi connectivity index (χ4v) is 7.19. The van der Waals surface area contributed by atoms with Crippen LogP contribution in [0.25, 0.3) is 0 Å². The number of ether oxygens (including phenoxy) is 4. The van der Waals surface area contributed by atoms with Gasteiger partial charge in [0.15, 0.2) is 18.7 Å². The van der Waals surface area contributed by atoms with E-state index in [1.807, 2.05) is 6.92 Å². The first-order valence-electron chi connectivity index (χ1n) is 17.6. The number of unbranched alkanes of at least 4 members (excludes halogenated alkanes) is 4. The molecule has 2 aromatic rings. The Bertz CT molecular complexity index is 1830. The van der Waals surface area contributed by atoms with E-state index in [1.54, 1.807) is 5.32 Å². The number of nitrogens with one attached hydrogen (secondary N) is 1. The number of aliphatic hydroxyl groups is 2. The van der Waals surface area contributed by atoms with Gasteiger partial charge in [-0.3, -0.25) is 24.0 Å². The Kier molecular flexibility index (Phi) is 12.1. The molecule has 1 saturated heterocycles. The van der Waals surface area contributed by atoms with Crippen LogP contribution in [0, 0.1) is 0 Å². The van der Waals surface area contributed by atoms with Crippen molar-refractivity contribution in [2.75, 3.05) is 13.7 Å². The third-order valence-electron chi connectivity index (χ3n) is 10.0. The molecule has 1 heterocycles. The van der Waals surface area contributed by atoms with Gasteiger partial charge in [0.05, 0.1) is 42.0 Å². The summed E-state index contributed by atoms with van der Waals surface area (Å²) in [5.74, 6) is -7.61. The first kappa shape index (κ1) is 40.6. The Balaban J connectivity index is 1.52. The highest BCUT2D eigenvalue weighted by Gasteiger charge is 2.51. The molecule has 2 aromatic carbocycles. The van der Waals surface area contributed by atoms with Crippen LogP contribution in [0.1, 0.15) is 114 Å². The molecule has 1 aliphatic heterocycles. The minimum Gasteiger partial charge on any atom is -0.507 e. The fraction of sp³-hybridized carbons (Fsp3) is 0.541. The Labute approximate surface area is 307 Å². The standard InChI is InChI=1S/C37H42F3NO13/c1-4-5-6-7-8-12-24(43)52-16-23(42)36(50)14-19-27(22(15-36)54-25-13-20(30(44)17(2)53-25)41-35(49)37(38,39)40)34(48)29-28(32(19)46)31(45)18-10-9-11-21(51-3)26(18)33(29)47/h9-11,17,20,22,25,30,44,46,48,50H,4-8,12-16H2,1-3H3,(H,41,49)/t17-,20-,22-,25-,30+,36-/m0/s1. The van der Waals surface area contributed by atoms with Crippen LogP contribution < -0.4 is 10.1 Å². The SMILES string of the molecule is CCCCCCCC(=O)OCC(=O)[C@]1(O)Cc2c(O)c3c(c(O)c2[C@@H](O[C@H]2C[C@H](NC(=O)C(F)(F)F)[C@H](O)[C@H](C)O2)C1)C(=O)c1c(OC)cccc1C3=O. The van der Waals surface area contributed by atoms with Gasteiger partial charge >= 0.3 is 18.1 Å². The van der Waals surface area contributed by atoms with Crippen LogP contribution in [-0.4, -0.2) is 99.7 Å². The van der Waals surface area contributed by atoms with Gasteiger partial charge in [-0.25, -0.2) is 0 Å². The summed E-state index contributed by atoms with van der Waals surface area (Å²) >= 11 is 0. The van der Waals surface area contributed by atoms with Crippen molar-refractivity contribution >= 4 is 29.2 Å². The van der Waals surface area contributed by atoms with Gasteiger partial charge < -0.3 is 44.7 Å². The van der Waals surface area contributed by atoms with Gasteiger partial charge in [0.1, 0.15) is 29.0 Å². The van der Waals surface area contributed by atoms with E-state index in [4.69, 9.17) is 18.9 Å². The number of carbonyl (C=O) groups excluding carboxylic acids is 5. The number of hydrogen-bond donors (Lipinski definition) is 5. The molecule has 0 bridgehead atoms. The van der Waals surface area contributed by atoms with Crippen molar-refractivity contribution in [2.45, 2.75) is 114 Å². The summed E-state index contributed by atoms with van der Waals surface area (Å²) in [6.07, 6.45) is -9.28. The van der Waals surface area contributed by atoms with Gasteiger partial charge in [0, 0.05) is 42.4 Å². The van der Waals surface area contributed by atoms with E-state index in [1.165, 1.54) is 32.2 Å². The van der Waals surface area contributed by atoms with Crippen molar-refractivity contribution < 1.29 is 76.5 Å². The summed E-state index contributed by atoms with van der Waals surface area (Å²) in [6.45, 7) is 2.42. The van der Waals surface area contributed by atoms with Gasteiger partial charge in [0.2, 0.25) is 11.6 Å². The molecule has 6 atom stereocenters. The largest absolute Gasteiger partial charge is 0.507 e. The van der Waals surface area contributed by atoms with Gasteiger partial charge in [-0.15, -0.1) is 0 Å². The number of esters is 1. The highest BCUT2D eigenvalue weighted by atomic mass is 19.4. The summed E-state index contributed by atoms with van der Waals surface area (Å²) < 4.78 is 61.5. The maximum Gasteiger partial charge on any atom is 0.471 e. The molecule has 0 spiro atoms. The van der Waals surface area contributed by atoms with Crippen molar-refractivity contribution in [2.24, 2.45) is 0 Å². The fourth-order valence-electron chi connectivity index (χ4n) is 7.19. The Hall–Kier alpha value is -4.58. The quantitative estimate of drug-likeness (QED) is 0.0956. The number of benzene rings is 2. The predicted octanol–water partition coefficient (Wildman–Crippen LogP) is 3.63. The summed E-state index contributed by atoms with van der Waals surface area (Å²) in [4.78, 5) is 65.5. The maximum atomic E-state index is 13.9. The summed E-state index contributed by atoms with van der Waals surface area (Å²) in [7, 11) is 1.26. The maximum absolute atomic E-state index is 13.9. The van der Waals surface area contributed by atoms with E-state index in [2.05, 4.69) is 0 Å². The number of phenolic OH excluding ortho intramolecular Hbond substituents is 2. The minimum absolute atomic E-state index is 0.00788. The van der Waals surface area contributed by atoms with Gasteiger partial charge in [-0.1, -0.05) is 44.7 Å². The first-order valence-corrected chi connectivity index (χ1v) is 17.6. The lowest BCUT2D eigenvalue weighted by atomic mass is 9.72.